The van der Waals surface area contributed by atoms with Gasteiger partial charge in [0, 0.05) is 30.7 Å². The number of nitrogens with zero attached hydrogens (tertiary/aromatic N) is 3. The summed E-state index contributed by atoms with van der Waals surface area (Å²) in [5.74, 6) is 1.28. The molecule has 28 heavy (non-hydrogen) atoms. The molecular weight excluding hydrogens is 370 g/mol. The van der Waals surface area contributed by atoms with Crippen LogP contribution in [-0.2, 0) is 17.8 Å². The standard InChI is InChI=1S/C21H31N5OS/c1-4-22-21(24-14-20-25-18(15-28-20)16(2)3)23-13-17-7-5-6-8-19(17)26-9-11-27-12-10-26/h5-8,15-16H,4,9-14H2,1-3H3,(H2,22,23,24). The Morgan fingerprint density at radius 3 is 2.75 bits per heavy atom. The maximum atomic E-state index is 5.49. The second-order valence-electron chi connectivity index (χ2n) is 7.10. The molecule has 0 atom stereocenters. The van der Waals surface area contributed by atoms with Gasteiger partial charge >= 0.3 is 0 Å². The number of nitrogens with one attached hydrogen (secondary N) is 2. The zero-order chi connectivity index (χ0) is 19.8. The van der Waals surface area contributed by atoms with E-state index < -0.39 is 0 Å². The maximum Gasteiger partial charge on any atom is 0.191 e. The van der Waals surface area contributed by atoms with E-state index in [-0.39, 0.29) is 0 Å². The van der Waals surface area contributed by atoms with E-state index in [1.54, 1.807) is 11.3 Å². The Morgan fingerprint density at radius 2 is 2.04 bits per heavy atom. The lowest BCUT2D eigenvalue weighted by atomic mass is 10.1. The monoisotopic (exact) mass is 401 g/mol. The molecule has 1 aliphatic heterocycles. The molecule has 0 spiro atoms. The molecule has 3 rings (SSSR count). The Hall–Kier alpha value is -2.12. The number of benzene rings is 1. The average molecular weight is 402 g/mol. The third-order valence-electron chi connectivity index (χ3n) is 4.66. The second kappa shape index (κ2) is 10.4. The number of thiazole rings is 1. The Bertz CT molecular complexity index is 768. The van der Waals surface area contributed by atoms with E-state index in [1.165, 1.54) is 11.3 Å². The van der Waals surface area contributed by atoms with Crippen LogP contribution in [0.5, 0.6) is 0 Å². The predicted octanol–water partition coefficient (Wildman–Crippen LogP) is 3.36. The van der Waals surface area contributed by atoms with Crippen molar-refractivity contribution in [2.24, 2.45) is 4.99 Å². The molecule has 1 aromatic heterocycles. The van der Waals surface area contributed by atoms with E-state index in [0.29, 0.717) is 19.0 Å². The minimum atomic E-state index is 0.462. The van der Waals surface area contributed by atoms with E-state index in [1.807, 2.05) is 0 Å². The second-order valence-corrected chi connectivity index (χ2v) is 8.04. The van der Waals surface area contributed by atoms with Gasteiger partial charge in [-0.3, -0.25) is 0 Å². The molecule has 2 N–H and O–H groups in total. The van der Waals surface area contributed by atoms with Gasteiger partial charge in [-0.1, -0.05) is 32.0 Å². The van der Waals surface area contributed by atoms with Crippen molar-refractivity contribution in [2.45, 2.75) is 39.8 Å². The van der Waals surface area contributed by atoms with Crippen molar-refractivity contribution in [1.29, 1.82) is 0 Å². The van der Waals surface area contributed by atoms with Crippen molar-refractivity contribution in [3.63, 3.8) is 0 Å². The van der Waals surface area contributed by atoms with Gasteiger partial charge in [0.05, 0.1) is 32.0 Å². The first-order valence-corrected chi connectivity index (χ1v) is 10.9. The SMILES string of the molecule is CCNC(=NCc1ccccc1N1CCOCC1)NCc1nc(C(C)C)cs1. The highest BCUT2D eigenvalue weighted by atomic mass is 32.1. The molecule has 1 aliphatic rings. The molecule has 0 aliphatic carbocycles. The molecule has 0 radical (unpaired) electrons. The van der Waals surface area contributed by atoms with Crippen LogP contribution in [0.1, 0.15) is 43.0 Å². The first-order chi connectivity index (χ1) is 13.7. The molecule has 7 heteroatoms. The summed E-state index contributed by atoms with van der Waals surface area (Å²) in [6, 6.07) is 8.52. The fraction of sp³-hybridized carbons (Fsp3) is 0.524. The number of morpholine rings is 1. The van der Waals surface area contributed by atoms with Crippen molar-refractivity contribution in [1.82, 2.24) is 15.6 Å². The zero-order valence-electron chi connectivity index (χ0n) is 17.1. The van der Waals surface area contributed by atoms with Crippen molar-refractivity contribution in [3.05, 3.63) is 45.9 Å². The van der Waals surface area contributed by atoms with Crippen molar-refractivity contribution in [2.75, 3.05) is 37.7 Å². The summed E-state index contributed by atoms with van der Waals surface area (Å²) < 4.78 is 5.49. The summed E-state index contributed by atoms with van der Waals surface area (Å²) in [6.07, 6.45) is 0. The van der Waals surface area contributed by atoms with E-state index in [9.17, 15) is 0 Å². The van der Waals surface area contributed by atoms with Crippen LogP contribution in [0.2, 0.25) is 0 Å². The smallest absolute Gasteiger partial charge is 0.191 e. The number of aliphatic imine (C=N–C) groups is 1. The van der Waals surface area contributed by atoms with Crippen LogP contribution >= 0.6 is 11.3 Å². The van der Waals surface area contributed by atoms with Gasteiger partial charge in [0.15, 0.2) is 5.96 Å². The van der Waals surface area contributed by atoms with Gasteiger partial charge in [0.1, 0.15) is 5.01 Å². The first kappa shape index (κ1) is 20.6. The number of guanidine groups is 1. The molecule has 1 aromatic carbocycles. The van der Waals surface area contributed by atoms with Crippen LogP contribution in [0, 0.1) is 0 Å². The fourth-order valence-electron chi connectivity index (χ4n) is 3.09. The Balaban J connectivity index is 1.65. The number of hydrogen-bond acceptors (Lipinski definition) is 5. The molecule has 2 aromatic rings. The number of aromatic nitrogens is 1. The van der Waals surface area contributed by atoms with Gasteiger partial charge in [-0.05, 0) is 24.5 Å². The van der Waals surface area contributed by atoms with Crippen molar-refractivity contribution < 1.29 is 4.74 Å². The van der Waals surface area contributed by atoms with Gasteiger partial charge in [-0.25, -0.2) is 9.98 Å². The van der Waals surface area contributed by atoms with E-state index >= 15 is 0 Å². The molecule has 152 valence electrons. The summed E-state index contributed by atoms with van der Waals surface area (Å²) in [5.41, 5.74) is 3.65. The summed E-state index contributed by atoms with van der Waals surface area (Å²) in [5, 5.41) is 9.97. The van der Waals surface area contributed by atoms with Gasteiger partial charge in [0.2, 0.25) is 0 Å². The van der Waals surface area contributed by atoms with Crippen LogP contribution < -0.4 is 15.5 Å². The predicted molar refractivity (Wildman–Crippen MR) is 117 cm³/mol. The summed E-state index contributed by atoms with van der Waals surface area (Å²) in [7, 11) is 0. The lowest BCUT2D eigenvalue weighted by molar-refractivity contribution is 0.122. The van der Waals surface area contributed by atoms with E-state index in [2.05, 4.69) is 66.0 Å². The molecule has 0 saturated carbocycles. The van der Waals surface area contributed by atoms with E-state index in [4.69, 9.17) is 14.7 Å². The van der Waals surface area contributed by atoms with Gasteiger partial charge in [-0.15, -0.1) is 11.3 Å². The molecule has 1 fully saturated rings. The third-order valence-corrected chi connectivity index (χ3v) is 5.53. The number of para-hydroxylation sites is 1. The van der Waals surface area contributed by atoms with Gasteiger partial charge in [0.25, 0.3) is 0 Å². The summed E-state index contributed by atoms with van der Waals surface area (Å²) in [6.45, 7) is 12.0. The van der Waals surface area contributed by atoms with Crippen LogP contribution in [0.25, 0.3) is 0 Å². The molecular formula is C21H31N5OS. The topological polar surface area (TPSA) is 61.8 Å². The highest BCUT2D eigenvalue weighted by molar-refractivity contribution is 7.09. The van der Waals surface area contributed by atoms with Gasteiger partial charge in [-0.2, -0.15) is 0 Å². The van der Waals surface area contributed by atoms with Crippen LogP contribution in [0.3, 0.4) is 0 Å². The Labute approximate surface area is 172 Å². The number of hydrogen-bond donors (Lipinski definition) is 2. The van der Waals surface area contributed by atoms with Crippen LogP contribution in [0.15, 0.2) is 34.6 Å². The minimum absolute atomic E-state index is 0.462. The van der Waals surface area contributed by atoms with Gasteiger partial charge < -0.3 is 20.3 Å². The molecule has 1 saturated heterocycles. The number of ether oxygens (including phenoxy) is 1. The lowest BCUT2D eigenvalue weighted by Crippen LogP contribution is -2.37. The minimum Gasteiger partial charge on any atom is -0.378 e. The zero-order valence-corrected chi connectivity index (χ0v) is 17.9. The molecule has 0 bridgehead atoms. The van der Waals surface area contributed by atoms with Crippen LogP contribution in [0.4, 0.5) is 5.69 Å². The Kier molecular flexibility index (Phi) is 7.68. The van der Waals surface area contributed by atoms with E-state index in [0.717, 1.165) is 49.5 Å². The van der Waals surface area contributed by atoms with Crippen molar-refractivity contribution >= 4 is 23.0 Å². The quantitative estimate of drug-likeness (QED) is 0.550. The summed E-state index contributed by atoms with van der Waals surface area (Å²) in [4.78, 5) is 11.9. The van der Waals surface area contributed by atoms with Crippen molar-refractivity contribution in [3.8, 4) is 0 Å². The molecule has 2 heterocycles. The highest BCUT2D eigenvalue weighted by Crippen LogP contribution is 2.22. The Morgan fingerprint density at radius 1 is 1.25 bits per heavy atom. The molecule has 0 unspecified atom stereocenters. The summed E-state index contributed by atoms with van der Waals surface area (Å²) >= 11 is 1.70. The van der Waals surface area contributed by atoms with Crippen LogP contribution in [-0.4, -0.2) is 43.8 Å². The molecule has 6 nitrogen and oxygen atoms in total. The lowest BCUT2D eigenvalue weighted by Gasteiger charge is -2.30. The normalized spacial score (nSPS) is 15.1. The molecule has 0 amide bonds. The largest absolute Gasteiger partial charge is 0.378 e. The third kappa shape index (κ3) is 5.69. The number of anilines is 1. The first-order valence-electron chi connectivity index (χ1n) is 10.0. The maximum absolute atomic E-state index is 5.49. The number of rotatable bonds is 7. The highest BCUT2D eigenvalue weighted by Gasteiger charge is 2.14. The average Bonchev–Trinajstić information content (AvgIpc) is 3.20. The fourth-order valence-corrected chi connectivity index (χ4v) is 3.99.